The molecule has 0 spiro atoms. The quantitative estimate of drug-likeness (QED) is 0.492. The van der Waals surface area contributed by atoms with Gasteiger partial charge in [-0.1, -0.05) is 12.2 Å². The number of carbonyl (C=O) groups excluding carboxylic acids is 2. The molecule has 2 N–H and O–H groups in total. The maximum Gasteiger partial charge on any atom is 0.130 e. The van der Waals surface area contributed by atoms with Crippen molar-refractivity contribution in [1.82, 2.24) is 0 Å². The van der Waals surface area contributed by atoms with Crippen molar-refractivity contribution in [1.29, 1.82) is 0 Å². The summed E-state index contributed by atoms with van der Waals surface area (Å²) < 4.78 is 0. The second-order valence-electron chi connectivity index (χ2n) is 4.01. The zero-order chi connectivity index (χ0) is 11.6. The smallest absolute Gasteiger partial charge is 0.130 e. The molecule has 3 atom stereocenters. The molecule has 0 saturated carbocycles. The molecule has 0 unspecified atom stereocenters. The fourth-order valence-electron chi connectivity index (χ4n) is 2.19. The molecular weight excluding hydrogens is 198 g/mol. The Morgan fingerprint density at radius 2 is 2.07 bits per heavy atom. The SMILES string of the molecule is C=C(C)[C@@H]1C[NH2+][C@@H](C(=O)[O-])[C@@H]1CC(=O)[O-]. The third-order valence-electron chi connectivity index (χ3n) is 2.93. The molecule has 1 aliphatic heterocycles. The molecule has 0 aromatic rings. The highest BCUT2D eigenvalue weighted by Crippen LogP contribution is 2.26. The number of hydrogen-bond acceptors (Lipinski definition) is 4. The first-order valence-electron chi connectivity index (χ1n) is 4.83. The Morgan fingerprint density at radius 1 is 1.47 bits per heavy atom. The summed E-state index contributed by atoms with van der Waals surface area (Å²) in [5.41, 5.74) is 0.807. The van der Waals surface area contributed by atoms with Gasteiger partial charge in [0.2, 0.25) is 0 Å². The Morgan fingerprint density at radius 3 is 2.47 bits per heavy atom. The number of carboxylic acid groups (broad SMARTS) is 2. The number of aliphatic carboxylic acids is 2. The van der Waals surface area contributed by atoms with E-state index in [4.69, 9.17) is 0 Å². The molecule has 0 aromatic carbocycles. The van der Waals surface area contributed by atoms with Crippen molar-refractivity contribution in [2.24, 2.45) is 11.8 Å². The predicted octanol–water partition coefficient (Wildman–Crippen LogP) is -3.37. The normalized spacial score (nSPS) is 30.1. The second kappa shape index (κ2) is 4.44. The summed E-state index contributed by atoms with van der Waals surface area (Å²) in [5.74, 6) is -3.01. The van der Waals surface area contributed by atoms with Crippen LogP contribution in [0.2, 0.25) is 0 Å². The van der Waals surface area contributed by atoms with Gasteiger partial charge in [-0.15, -0.1) is 0 Å². The first-order chi connectivity index (χ1) is 6.93. The van der Waals surface area contributed by atoms with Gasteiger partial charge >= 0.3 is 0 Å². The Labute approximate surface area is 87.8 Å². The molecule has 1 heterocycles. The van der Waals surface area contributed by atoms with Gasteiger partial charge in [0.15, 0.2) is 0 Å². The molecule has 0 aliphatic carbocycles. The third kappa shape index (κ3) is 2.56. The van der Waals surface area contributed by atoms with E-state index in [0.29, 0.717) is 6.54 Å². The van der Waals surface area contributed by atoms with E-state index in [1.807, 2.05) is 0 Å². The van der Waals surface area contributed by atoms with Crippen molar-refractivity contribution >= 4 is 11.9 Å². The van der Waals surface area contributed by atoms with Crippen molar-refractivity contribution in [3.63, 3.8) is 0 Å². The van der Waals surface area contributed by atoms with Crippen molar-refractivity contribution in [3.05, 3.63) is 12.2 Å². The van der Waals surface area contributed by atoms with E-state index in [1.54, 1.807) is 12.2 Å². The van der Waals surface area contributed by atoms with Gasteiger partial charge in [-0.25, -0.2) is 0 Å². The first kappa shape index (κ1) is 11.7. The molecule has 1 fully saturated rings. The average Bonchev–Trinajstić information content (AvgIpc) is 2.46. The van der Waals surface area contributed by atoms with Crippen LogP contribution in [0.3, 0.4) is 0 Å². The maximum atomic E-state index is 10.8. The lowest BCUT2D eigenvalue weighted by atomic mass is 9.84. The van der Waals surface area contributed by atoms with Crippen LogP contribution in [-0.2, 0) is 9.59 Å². The summed E-state index contributed by atoms with van der Waals surface area (Å²) in [4.78, 5) is 21.3. The van der Waals surface area contributed by atoms with Crippen LogP contribution in [0.5, 0.6) is 0 Å². The van der Waals surface area contributed by atoms with Crippen LogP contribution in [0.4, 0.5) is 0 Å². The van der Waals surface area contributed by atoms with Gasteiger partial charge in [-0.05, 0) is 13.3 Å². The summed E-state index contributed by atoms with van der Waals surface area (Å²) in [5, 5.41) is 22.9. The minimum Gasteiger partial charge on any atom is -0.550 e. The van der Waals surface area contributed by atoms with Crippen LogP contribution in [0.15, 0.2) is 12.2 Å². The van der Waals surface area contributed by atoms with Gasteiger partial charge in [0.25, 0.3) is 0 Å². The number of hydrogen-bond donors (Lipinski definition) is 1. The number of rotatable bonds is 4. The maximum absolute atomic E-state index is 10.8. The first-order valence-corrected chi connectivity index (χ1v) is 4.83. The number of carboxylic acids is 2. The molecule has 1 saturated heterocycles. The van der Waals surface area contributed by atoms with Crippen LogP contribution >= 0.6 is 0 Å². The summed E-state index contributed by atoms with van der Waals surface area (Å²) in [6, 6.07) is -0.801. The number of quaternary nitrogens is 1. The van der Waals surface area contributed by atoms with Crippen LogP contribution in [0.25, 0.3) is 0 Å². The Bertz CT molecular complexity index is 278. The number of nitrogens with two attached hydrogens (primary N) is 1. The Kier molecular flexibility index (Phi) is 3.47. The molecule has 0 aromatic heterocycles. The van der Waals surface area contributed by atoms with Gasteiger partial charge in [-0.3, -0.25) is 0 Å². The second-order valence-corrected chi connectivity index (χ2v) is 4.01. The summed E-state index contributed by atoms with van der Waals surface area (Å²) in [6.07, 6.45) is -0.257. The van der Waals surface area contributed by atoms with Crippen LogP contribution in [0, 0.1) is 11.8 Å². The van der Waals surface area contributed by atoms with Crippen LogP contribution in [-0.4, -0.2) is 24.5 Å². The zero-order valence-electron chi connectivity index (χ0n) is 8.56. The van der Waals surface area contributed by atoms with E-state index in [2.05, 4.69) is 6.58 Å². The van der Waals surface area contributed by atoms with Gasteiger partial charge in [-0.2, -0.15) is 0 Å². The van der Waals surface area contributed by atoms with E-state index in [9.17, 15) is 19.8 Å². The zero-order valence-corrected chi connectivity index (χ0v) is 8.56. The van der Waals surface area contributed by atoms with E-state index >= 15 is 0 Å². The van der Waals surface area contributed by atoms with E-state index in [-0.39, 0.29) is 12.3 Å². The molecule has 1 rings (SSSR count). The molecule has 1 aliphatic rings. The molecule has 15 heavy (non-hydrogen) atoms. The van der Waals surface area contributed by atoms with Gasteiger partial charge < -0.3 is 25.1 Å². The molecule has 5 heteroatoms. The third-order valence-corrected chi connectivity index (χ3v) is 2.93. The monoisotopic (exact) mass is 212 g/mol. The molecule has 5 nitrogen and oxygen atoms in total. The summed E-state index contributed by atoms with van der Waals surface area (Å²) in [6.45, 7) is 6.07. The van der Waals surface area contributed by atoms with Crippen molar-refractivity contribution in [2.75, 3.05) is 6.54 Å². The summed E-state index contributed by atoms with van der Waals surface area (Å²) in [7, 11) is 0. The Balaban J connectivity index is 2.82. The van der Waals surface area contributed by atoms with E-state index in [0.717, 1.165) is 5.57 Å². The molecule has 0 bridgehead atoms. The standard InChI is InChI=1S/C10H15NO4/c1-5(2)7-4-11-9(10(14)15)6(7)3-8(12)13/h6-7,9,11H,1,3-4H2,2H3,(H,12,13)(H,14,15)/p-1/t6-,7+,9-/m1/s1. The van der Waals surface area contributed by atoms with Gasteiger partial charge in [0.1, 0.15) is 6.04 Å². The van der Waals surface area contributed by atoms with Crippen molar-refractivity contribution in [2.45, 2.75) is 19.4 Å². The van der Waals surface area contributed by atoms with Crippen molar-refractivity contribution < 1.29 is 25.1 Å². The van der Waals surface area contributed by atoms with E-state index in [1.165, 1.54) is 0 Å². The number of carbonyl (C=O) groups is 2. The fraction of sp³-hybridized carbons (Fsp3) is 0.600. The molecule has 84 valence electrons. The highest BCUT2D eigenvalue weighted by Gasteiger charge is 2.40. The van der Waals surface area contributed by atoms with Gasteiger partial charge in [0.05, 0.1) is 12.5 Å². The predicted molar refractivity (Wildman–Crippen MR) is 47.0 cm³/mol. The lowest BCUT2D eigenvalue weighted by Gasteiger charge is -2.21. The largest absolute Gasteiger partial charge is 0.550 e. The van der Waals surface area contributed by atoms with Crippen LogP contribution < -0.4 is 15.5 Å². The van der Waals surface area contributed by atoms with Crippen molar-refractivity contribution in [3.8, 4) is 0 Å². The highest BCUT2D eigenvalue weighted by molar-refractivity contribution is 5.72. The molecular formula is C10H14NO4-. The molecule has 0 radical (unpaired) electrons. The van der Waals surface area contributed by atoms with E-state index < -0.39 is 23.9 Å². The average molecular weight is 212 g/mol. The Hall–Kier alpha value is -1.36. The van der Waals surface area contributed by atoms with Gasteiger partial charge in [0, 0.05) is 17.8 Å². The van der Waals surface area contributed by atoms with Crippen LogP contribution in [0.1, 0.15) is 13.3 Å². The molecule has 0 amide bonds. The topological polar surface area (TPSA) is 96.9 Å². The summed E-state index contributed by atoms with van der Waals surface area (Å²) >= 11 is 0. The lowest BCUT2D eigenvalue weighted by Crippen LogP contribution is -2.90. The fourth-order valence-corrected chi connectivity index (χ4v) is 2.19. The lowest BCUT2D eigenvalue weighted by molar-refractivity contribution is -0.668. The highest BCUT2D eigenvalue weighted by atomic mass is 16.4. The minimum atomic E-state index is -1.23. The minimum absolute atomic E-state index is 0.0919.